The molecule has 3 heteroatoms. The van der Waals surface area contributed by atoms with Gasteiger partial charge in [0.05, 0.1) is 0 Å². The minimum absolute atomic E-state index is 0.0802. The van der Waals surface area contributed by atoms with Gasteiger partial charge in [0.15, 0.2) is 6.10 Å². The lowest BCUT2D eigenvalue weighted by Gasteiger charge is -2.26. The predicted octanol–water partition coefficient (Wildman–Crippen LogP) is 3.07. The van der Waals surface area contributed by atoms with Crippen LogP contribution >= 0.6 is 0 Å². The monoisotopic (exact) mass is 249 g/mol. The van der Waals surface area contributed by atoms with Crippen molar-refractivity contribution in [3.05, 3.63) is 29.8 Å². The molecule has 0 saturated carbocycles. The Bertz CT molecular complexity index is 413. The van der Waals surface area contributed by atoms with E-state index in [0.29, 0.717) is 0 Å². The lowest BCUT2D eigenvalue weighted by atomic mass is 10.0. The number of nitrogens with one attached hydrogen (secondary N) is 1. The fourth-order valence-electron chi connectivity index (χ4n) is 1.47. The van der Waals surface area contributed by atoms with Crippen LogP contribution in [0.25, 0.3) is 0 Å². The maximum atomic E-state index is 12.0. The molecule has 0 radical (unpaired) electrons. The quantitative estimate of drug-likeness (QED) is 0.871. The summed E-state index contributed by atoms with van der Waals surface area (Å²) in [7, 11) is 0. The summed E-state index contributed by atoms with van der Waals surface area (Å²) < 4.78 is 5.64. The van der Waals surface area contributed by atoms with Crippen LogP contribution in [0, 0.1) is 6.92 Å². The molecule has 1 unspecified atom stereocenters. The highest BCUT2D eigenvalue weighted by molar-refractivity contribution is 5.81. The number of ether oxygens (including phenoxy) is 1. The Morgan fingerprint density at radius 2 is 2.11 bits per heavy atom. The number of benzene rings is 1. The molecule has 100 valence electrons. The Morgan fingerprint density at radius 3 is 2.67 bits per heavy atom. The van der Waals surface area contributed by atoms with Gasteiger partial charge < -0.3 is 10.1 Å². The minimum atomic E-state index is -0.488. The Morgan fingerprint density at radius 1 is 1.44 bits per heavy atom. The first-order chi connectivity index (χ1) is 8.34. The highest BCUT2D eigenvalue weighted by Crippen LogP contribution is 2.15. The summed E-state index contributed by atoms with van der Waals surface area (Å²) in [6.07, 6.45) is 0.397. The van der Waals surface area contributed by atoms with Crippen LogP contribution < -0.4 is 10.1 Å². The lowest BCUT2D eigenvalue weighted by molar-refractivity contribution is -0.128. The zero-order valence-electron chi connectivity index (χ0n) is 11.9. The second kappa shape index (κ2) is 5.89. The third-order valence-electron chi connectivity index (χ3n) is 3.02. The van der Waals surface area contributed by atoms with Gasteiger partial charge in [-0.25, -0.2) is 0 Å². The first-order valence-corrected chi connectivity index (χ1v) is 6.39. The first-order valence-electron chi connectivity index (χ1n) is 6.39. The van der Waals surface area contributed by atoms with E-state index in [1.165, 1.54) is 0 Å². The molecule has 18 heavy (non-hydrogen) atoms. The first kappa shape index (κ1) is 14.6. The molecule has 1 aromatic rings. The Hall–Kier alpha value is -1.51. The highest BCUT2D eigenvalue weighted by atomic mass is 16.5. The normalized spacial score (nSPS) is 12.9. The zero-order chi connectivity index (χ0) is 13.8. The van der Waals surface area contributed by atoms with Gasteiger partial charge >= 0.3 is 0 Å². The van der Waals surface area contributed by atoms with Gasteiger partial charge in [-0.2, -0.15) is 0 Å². The molecule has 0 spiro atoms. The van der Waals surface area contributed by atoms with Crippen molar-refractivity contribution in [2.45, 2.75) is 52.7 Å². The molecular weight excluding hydrogens is 226 g/mol. The van der Waals surface area contributed by atoms with E-state index in [2.05, 4.69) is 5.32 Å². The van der Waals surface area contributed by atoms with Gasteiger partial charge in [0.1, 0.15) is 5.75 Å². The Kier molecular flexibility index (Phi) is 4.76. The van der Waals surface area contributed by atoms with Gasteiger partial charge in [-0.05, 0) is 51.8 Å². The number of aryl methyl sites for hydroxylation is 1. The Balaban J connectivity index is 2.60. The molecule has 0 fully saturated rings. The molecule has 0 saturated heterocycles. The van der Waals surface area contributed by atoms with Gasteiger partial charge in [-0.1, -0.05) is 19.1 Å². The summed E-state index contributed by atoms with van der Waals surface area (Å²) in [6, 6.07) is 7.71. The van der Waals surface area contributed by atoms with E-state index in [0.717, 1.165) is 17.7 Å². The van der Waals surface area contributed by atoms with Crippen LogP contribution in [-0.4, -0.2) is 17.6 Å². The van der Waals surface area contributed by atoms with E-state index in [1.807, 2.05) is 52.0 Å². The second-order valence-corrected chi connectivity index (χ2v) is 5.30. The van der Waals surface area contributed by atoms with E-state index < -0.39 is 6.10 Å². The maximum absolute atomic E-state index is 12.0. The van der Waals surface area contributed by atoms with Crippen molar-refractivity contribution >= 4 is 5.91 Å². The van der Waals surface area contributed by atoms with E-state index in [4.69, 9.17) is 4.74 Å². The van der Waals surface area contributed by atoms with Gasteiger partial charge in [-0.3, -0.25) is 4.79 Å². The van der Waals surface area contributed by atoms with E-state index >= 15 is 0 Å². The van der Waals surface area contributed by atoms with Crippen LogP contribution in [0.1, 0.15) is 39.7 Å². The van der Waals surface area contributed by atoms with E-state index in [-0.39, 0.29) is 11.4 Å². The van der Waals surface area contributed by atoms with Crippen molar-refractivity contribution in [2.24, 2.45) is 0 Å². The topological polar surface area (TPSA) is 38.3 Å². The van der Waals surface area contributed by atoms with Gasteiger partial charge in [-0.15, -0.1) is 0 Å². The second-order valence-electron chi connectivity index (χ2n) is 5.30. The van der Waals surface area contributed by atoms with Crippen LogP contribution in [-0.2, 0) is 4.79 Å². The lowest BCUT2D eigenvalue weighted by Crippen LogP contribution is -2.48. The summed E-state index contributed by atoms with van der Waals surface area (Å²) in [6.45, 7) is 9.82. The van der Waals surface area contributed by atoms with E-state index in [9.17, 15) is 4.79 Å². The van der Waals surface area contributed by atoms with Gasteiger partial charge in [0, 0.05) is 5.54 Å². The third-order valence-corrected chi connectivity index (χ3v) is 3.02. The summed E-state index contributed by atoms with van der Waals surface area (Å²) in [4.78, 5) is 12.0. The van der Waals surface area contributed by atoms with Crippen LogP contribution in [0.15, 0.2) is 24.3 Å². The summed E-state index contributed by atoms with van der Waals surface area (Å²) in [5.41, 5.74) is 0.926. The number of hydrogen-bond donors (Lipinski definition) is 1. The van der Waals surface area contributed by atoms with Crippen molar-refractivity contribution in [3.63, 3.8) is 0 Å². The fraction of sp³-hybridized carbons (Fsp3) is 0.533. The zero-order valence-corrected chi connectivity index (χ0v) is 11.9. The molecular formula is C15H23NO2. The van der Waals surface area contributed by atoms with Crippen LogP contribution in [0.3, 0.4) is 0 Å². The number of hydrogen-bond acceptors (Lipinski definition) is 2. The highest BCUT2D eigenvalue weighted by Gasteiger charge is 2.22. The molecule has 3 nitrogen and oxygen atoms in total. The SMILES string of the molecule is CCC(C)(C)NC(=O)C(C)Oc1cccc(C)c1. The molecule has 1 N–H and O–H groups in total. The predicted molar refractivity (Wildman–Crippen MR) is 73.8 cm³/mol. The molecule has 0 aliphatic heterocycles. The third kappa shape index (κ3) is 4.40. The molecule has 0 aliphatic rings. The number of carbonyl (C=O) groups is 1. The largest absolute Gasteiger partial charge is 0.481 e. The van der Waals surface area contributed by atoms with Gasteiger partial charge in [0.2, 0.25) is 0 Å². The van der Waals surface area contributed by atoms with Crippen molar-refractivity contribution in [1.29, 1.82) is 0 Å². The van der Waals surface area contributed by atoms with E-state index in [1.54, 1.807) is 6.92 Å². The van der Waals surface area contributed by atoms with Crippen molar-refractivity contribution in [1.82, 2.24) is 5.32 Å². The molecule has 1 aromatic carbocycles. The molecule has 1 amide bonds. The summed E-state index contributed by atoms with van der Waals surface area (Å²) >= 11 is 0. The molecule has 1 rings (SSSR count). The minimum Gasteiger partial charge on any atom is -0.481 e. The van der Waals surface area contributed by atoms with Crippen LogP contribution in [0.4, 0.5) is 0 Å². The number of amides is 1. The van der Waals surface area contributed by atoms with Crippen LogP contribution in [0.2, 0.25) is 0 Å². The summed E-state index contributed by atoms with van der Waals surface area (Å²) in [5, 5.41) is 2.98. The van der Waals surface area contributed by atoms with Crippen molar-refractivity contribution < 1.29 is 9.53 Å². The molecule has 0 bridgehead atoms. The summed E-state index contributed by atoms with van der Waals surface area (Å²) in [5.74, 6) is 0.648. The van der Waals surface area contributed by atoms with Gasteiger partial charge in [0.25, 0.3) is 5.91 Å². The average molecular weight is 249 g/mol. The number of rotatable bonds is 5. The number of carbonyl (C=O) groups excluding carboxylic acids is 1. The standard InChI is InChI=1S/C15H23NO2/c1-6-15(4,5)16-14(17)12(3)18-13-9-7-8-11(2)10-13/h7-10,12H,6H2,1-5H3,(H,16,17). The molecule has 1 atom stereocenters. The fourth-order valence-corrected chi connectivity index (χ4v) is 1.47. The molecule has 0 heterocycles. The van der Waals surface area contributed by atoms with Crippen molar-refractivity contribution in [2.75, 3.05) is 0 Å². The maximum Gasteiger partial charge on any atom is 0.261 e. The van der Waals surface area contributed by atoms with Crippen LogP contribution in [0.5, 0.6) is 5.75 Å². The average Bonchev–Trinajstić information content (AvgIpc) is 2.28. The Labute approximate surface area is 110 Å². The molecule has 0 aromatic heterocycles. The van der Waals surface area contributed by atoms with Crippen molar-refractivity contribution in [3.8, 4) is 5.75 Å². The smallest absolute Gasteiger partial charge is 0.261 e. The molecule has 0 aliphatic carbocycles.